The average Bonchev–Trinajstić information content (AvgIpc) is 2.45. The molecular weight excluding hydrogens is 265 g/mol. The lowest BCUT2D eigenvalue weighted by atomic mass is 10.1. The number of benzene rings is 2. The molecule has 0 aliphatic carbocycles. The van der Waals surface area contributed by atoms with Crippen molar-refractivity contribution in [2.24, 2.45) is 0 Å². The van der Waals surface area contributed by atoms with Crippen molar-refractivity contribution in [3.63, 3.8) is 0 Å². The molecule has 2 aromatic rings. The molecule has 0 radical (unpaired) electrons. The lowest BCUT2D eigenvalue weighted by Gasteiger charge is -2.05. The molecule has 102 valence electrons. The molecule has 5 nitrogen and oxygen atoms in total. The number of ether oxygens (including phenoxy) is 1. The van der Waals surface area contributed by atoms with E-state index in [9.17, 15) is 19.3 Å². The fraction of sp³-hybridized carbons (Fsp3) is 0.0714. The number of halogens is 1. The van der Waals surface area contributed by atoms with E-state index in [1.165, 1.54) is 6.07 Å². The summed E-state index contributed by atoms with van der Waals surface area (Å²) in [4.78, 5) is 21.4. The van der Waals surface area contributed by atoms with Gasteiger partial charge in [-0.25, -0.2) is 0 Å². The molecular formula is C14H10FNO4. The number of hydrogen-bond acceptors (Lipinski definition) is 4. The van der Waals surface area contributed by atoms with Gasteiger partial charge in [-0.15, -0.1) is 0 Å². The van der Waals surface area contributed by atoms with E-state index in [2.05, 4.69) is 0 Å². The summed E-state index contributed by atoms with van der Waals surface area (Å²) in [6.45, 7) is -0.263. The highest BCUT2D eigenvalue weighted by Gasteiger charge is 2.15. The highest BCUT2D eigenvalue weighted by Crippen LogP contribution is 2.22. The fourth-order valence-corrected chi connectivity index (χ4v) is 1.58. The van der Waals surface area contributed by atoms with Crippen LogP contribution in [0.5, 0.6) is 5.75 Å². The van der Waals surface area contributed by atoms with Crippen LogP contribution >= 0.6 is 0 Å². The summed E-state index contributed by atoms with van der Waals surface area (Å²) < 4.78 is 18.5. The summed E-state index contributed by atoms with van der Waals surface area (Å²) in [6.07, 6.45) is 0. The van der Waals surface area contributed by atoms with E-state index in [4.69, 9.17) is 4.74 Å². The zero-order chi connectivity index (χ0) is 14.5. The van der Waals surface area contributed by atoms with Crippen LogP contribution in [0.4, 0.5) is 10.1 Å². The smallest absolute Gasteiger partial charge is 0.305 e. The number of rotatable bonds is 5. The first-order chi connectivity index (χ1) is 9.58. The van der Waals surface area contributed by atoms with E-state index in [-0.39, 0.29) is 18.1 Å². The minimum atomic E-state index is -1.00. The van der Waals surface area contributed by atoms with E-state index >= 15 is 0 Å². The summed E-state index contributed by atoms with van der Waals surface area (Å²) in [7, 11) is 0. The maximum Gasteiger partial charge on any atom is 0.305 e. The summed E-state index contributed by atoms with van der Waals surface area (Å²) in [5, 5.41) is 10.5. The first kappa shape index (κ1) is 13.7. The van der Waals surface area contributed by atoms with Gasteiger partial charge < -0.3 is 4.74 Å². The molecule has 20 heavy (non-hydrogen) atoms. The van der Waals surface area contributed by atoms with Gasteiger partial charge in [0, 0.05) is 17.7 Å². The standard InChI is InChI=1S/C14H10FNO4/c15-12-8-11(6-7-13(12)16(18)19)20-9-14(17)10-4-2-1-3-5-10/h1-8H,9H2. The number of nitro benzene ring substituents is 1. The van der Waals surface area contributed by atoms with Crippen LogP contribution in [0.25, 0.3) is 0 Å². The third-order valence-electron chi connectivity index (χ3n) is 2.58. The predicted molar refractivity (Wildman–Crippen MR) is 69.3 cm³/mol. The quantitative estimate of drug-likeness (QED) is 0.478. The minimum Gasteiger partial charge on any atom is -0.485 e. The summed E-state index contributed by atoms with van der Waals surface area (Å²) in [6, 6.07) is 11.6. The molecule has 2 rings (SSSR count). The molecule has 0 fully saturated rings. The zero-order valence-electron chi connectivity index (χ0n) is 10.3. The maximum absolute atomic E-state index is 13.3. The monoisotopic (exact) mass is 275 g/mol. The molecule has 0 aliphatic heterocycles. The zero-order valence-corrected chi connectivity index (χ0v) is 10.3. The Balaban J connectivity index is 2.03. The SMILES string of the molecule is O=C(COc1ccc([N+](=O)[O-])c(F)c1)c1ccccc1. The van der Waals surface area contributed by atoms with Crippen molar-refractivity contribution in [2.45, 2.75) is 0 Å². The Kier molecular flexibility index (Phi) is 4.05. The van der Waals surface area contributed by atoms with Crippen LogP contribution in [-0.2, 0) is 0 Å². The van der Waals surface area contributed by atoms with Crippen molar-refractivity contribution < 1.29 is 18.8 Å². The fourth-order valence-electron chi connectivity index (χ4n) is 1.58. The predicted octanol–water partition coefficient (Wildman–Crippen LogP) is 3.00. The van der Waals surface area contributed by atoms with Gasteiger partial charge in [0.05, 0.1) is 4.92 Å². The molecule has 0 bridgehead atoms. The normalized spacial score (nSPS) is 10.1. The van der Waals surface area contributed by atoms with Gasteiger partial charge in [0.25, 0.3) is 0 Å². The van der Waals surface area contributed by atoms with Gasteiger partial charge in [-0.2, -0.15) is 4.39 Å². The van der Waals surface area contributed by atoms with Crippen LogP contribution in [0.2, 0.25) is 0 Å². The minimum absolute atomic E-state index is 0.0670. The van der Waals surface area contributed by atoms with Gasteiger partial charge in [-0.05, 0) is 6.07 Å². The Labute approximate surface area is 113 Å². The van der Waals surface area contributed by atoms with Crippen molar-refractivity contribution in [2.75, 3.05) is 6.61 Å². The van der Waals surface area contributed by atoms with Crippen LogP contribution < -0.4 is 4.74 Å². The van der Waals surface area contributed by atoms with E-state index in [1.54, 1.807) is 30.3 Å². The van der Waals surface area contributed by atoms with Crippen molar-refractivity contribution in [3.05, 3.63) is 70.0 Å². The lowest BCUT2D eigenvalue weighted by Crippen LogP contribution is -2.11. The van der Waals surface area contributed by atoms with E-state index in [1.807, 2.05) is 0 Å². The van der Waals surface area contributed by atoms with Crippen LogP contribution in [0.1, 0.15) is 10.4 Å². The van der Waals surface area contributed by atoms with Gasteiger partial charge >= 0.3 is 5.69 Å². The van der Waals surface area contributed by atoms with Gasteiger partial charge in [-0.1, -0.05) is 30.3 Å². The summed E-state index contributed by atoms with van der Waals surface area (Å²) >= 11 is 0. The van der Waals surface area contributed by atoms with Gasteiger partial charge in [0.1, 0.15) is 5.75 Å². The molecule has 0 N–H and O–H groups in total. The number of carbonyl (C=O) groups is 1. The molecule has 0 spiro atoms. The van der Waals surface area contributed by atoms with Crippen molar-refractivity contribution in [1.29, 1.82) is 0 Å². The third kappa shape index (κ3) is 3.17. The maximum atomic E-state index is 13.3. The molecule has 0 aromatic heterocycles. The molecule has 0 saturated carbocycles. The van der Waals surface area contributed by atoms with Crippen LogP contribution in [-0.4, -0.2) is 17.3 Å². The summed E-state index contributed by atoms with van der Waals surface area (Å²) in [5.41, 5.74) is -0.151. The Morgan fingerprint density at radius 3 is 2.50 bits per heavy atom. The molecule has 0 heterocycles. The van der Waals surface area contributed by atoms with Crippen molar-refractivity contribution in [1.82, 2.24) is 0 Å². The Morgan fingerprint density at radius 2 is 1.90 bits per heavy atom. The molecule has 0 amide bonds. The molecule has 0 saturated heterocycles. The first-order valence-electron chi connectivity index (χ1n) is 5.73. The van der Waals surface area contributed by atoms with Gasteiger partial charge in [-0.3, -0.25) is 14.9 Å². The van der Waals surface area contributed by atoms with Crippen molar-refractivity contribution >= 4 is 11.5 Å². The van der Waals surface area contributed by atoms with E-state index < -0.39 is 16.4 Å². The molecule has 0 aliphatic rings. The van der Waals surface area contributed by atoms with Crippen LogP contribution in [0.3, 0.4) is 0 Å². The highest BCUT2D eigenvalue weighted by molar-refractivity contribution is 5.97. The molecule has 2 aromatic carbocycles. The number of Topliss-reactive ketones (excluding diaryl/α,β-unsaturated/α-hetero) is 1. The third-order valence-corrected chi connectivity index (χ3v) is 2.58. The number of carbonyl (C=O) groups excluding carboxylic acids is 1. The number of nitro groups is 1. The number of ketones is 1. The van der Waals surface area contributed by atoms with Crippen molar-refractivity contribution in [3.8, 4) is 5.75 Å². The Hall–Kier alpha value is -2.76. The lowest BCUT2D eigenvalue weighted by molar-refractivity contribution is -0.387. The second-order valence-electron chi connectivity index (χ2n) is 3.95. The molecule has 0 unspecified atom stereocenters. The van der Waals surface area contributed by atoms with Gasteiger partial charge in [0.2, 0.25) is 5.82 Å². The average molecular weight is 275 g/mol. The summed E-state index contributed by atoms with van der Waals surface area (Å²) in [5.74, 6) is -1.19. The second-order valence-corrected chi connectivity index (χ2v) is 3.95. The molecule has 0 atom stereocenters. The van der Waals surface area contributed by atoms with Gasteiger partial charge in [0.15, 0.2) is 12.4 Å². The van der Waals surface area contributed by atoms with E-state index in [0.29, 0.717) is 5.56 Å². The second kappa shape index (κ2) is 5.92. The largest absolute Gasteiger partial charge is 0.485 e. The van der Waals surface area contributed by atoms with Crippen LogP contribution in [0, 0.1) is 15.9 Å². The Morgan fingerprint density at radius 1 is 1.20 bits per heavy atom. The number of nitrogens with zero attached hydrogens (tertiary/aromatic N) is 1. The molecule has 6 heteroatoms. The highest BCUT2D eigenvalue weighted by atomic mass is 19.1. The van der Waals surface area contributed by atoms with E-state index in [0.717, 1.165) is 12.1 Å². The number of hydrogen-bond donors (Lipinski definition) is 0. The Bertz CT molecular complexity index is 643. The topological polar surface area (TPSA) is 69.4 Å². The first-order valence-corrected chi connectivity index (χ1v) is 5.73. The van der Waals surface area contributed by atoms with Crippen LogP contribution in [0.15, 0.2) is 48.5 Å².